The van der Waals surface area contributed by atoms with Crippen LogP contribution in [0.15, 0.2) is 0 Å². The van der Waals surface area contributed by atoms with E-state index in [9.17, 15) is 0 Å². The minimum Gasteiger partial charge on any atom is -0.316 e. The fraction of sp³-hybridized carbons (Fsp3) is 1.00. The molecule has 1 saturated carbocycles. The van der Waals surface area contributed by atoms with Gasteiger partial charge in [0.15, 0.2) is 0 Å². The van der Waals surface area contributed by atoms with E-state index in [2.05, 4.69) is 12.2 Å². The van der Waals surface area contributed by atoms with Gasteiger partial charge in [-0.15, -0.1) is 11.6 Å². The van der Waals surface area contributed by atoms with Crippen molar-refractivity contribution in [3.8, 4) is 0 Å². The average Bonchev–Trinajstić information content (AvgIpc) is 2.58. The third-order valence-electron chi connectivity index (χ3n) is 4.58. The number of hydrogen-bond acceptors (Lipinski definition) is 2. The van der Waals surface area contributed by atoms with Crippen molar-refractivity contribution >= 4 is 11.6 Å². The average molecular weight is 259 g/mol. The van der Waals surface area contributed by atoms with Gasteiger partial charge in [0.2, 0.25) is 0 Å². The molecule has 3 unspecified atom stereocenters. The molecule has 1 aliphatic heterocycles. The summed E-state index contributed by atoms with van der Waals surface area (Å²) in [7, 11) is 0. The van der Waals surface area contributed by atoms with Gasteiger partial charge in [-0.05, 0) is 38.0 Å². The molecule has 1 aliphatic carbocycles. The Morgan fingerprint density at radius 3 is 2.41 bits per heavy atom. The molecule has 1 heterocycles. The molecule has 2 fully saturated rings. The summed E-state index contributed by atoms with van der Waals surface area (Å²) in [5, 5.41) is 3.59. The van der Waals surface area contributed by atoms with Gasteiger partial charge in [0.25, 0.3) is 0 Å². The zero-order valence-electron chi connectivity index (χ0n) is 11.1. The highest BCUT2D eigenvalue weighted by Gasteiger charge is 2.38. The Kier molecular flexibility index (Phi) is 4.73. The molecule has 3 heteroatoms. The summed E-state index contributed by atoms with van der Waals surface area (Å²) < 4.78 is 0. The molecule has 0 spiro atoms. The summed E-state index contributed by atoms with van der Waals surface area (Å²) in [5.41, 5.74) is 6.15. The van der Waals surface area contributed by atoms with Crippen LogP contribution in [0, 0.1) is 5.92 Å². The van der Waals surface area contributed by atoms with E-state index >= 15 is 0 Å². The second-order valence-electron chi connectivity index (χ2n) is 6.19. The van der Waals surface area contributed by atoms with Gasteiger partial charge < -0.3 is 5.73 Å². The molecule has 0 aromatic carbocycles. The summed E-state index contributed by atoms with van der Waals surface area (Å²) in [6.45, 7) is 2.30. The van der Waals surface area contributed by atoms with Crippen LogP contribution in [0.4, 0.5) is 0 Å². The summed E-state index contributed by atoms with van der Waals surface area (Å²) >= 11 is 6.93. The molecule has 100 valence electrons. The van der Waals surface area contributed by atoms with Crippen molar-refractivity contribution in [2.45, 2.75) is 81.8 Å². The minimum atomic E-state index is -0.0296. The molecule has 2 aliphatic rings. The number of nitrogens with two attached hydrogens (primary N) is 1. The first kappa shape index (κ1) is 13.6. The first-order chi connectivity index (χ1) is 8.10. The van der Waals surface area contributed by atoms with E-state index in [1.807, 2.05) is 0 Å². The lowest BCUT2D eigenvalue weighted by molar-refractivity contribution is 0.318. The standard InChI is InChI=1S/C14H27ClN2/c1-11-6-7-12(17-13(16)10-11)14(15)8-4-2-3-5-9-14/h11-13,17H,2-10,16H2,1H3. The lowest BCUT2D eigenvalue weighted by atomic mass is 9.87. The smallest absolute Gasteiger partial charge is 0.0599 e. The summed E-state index contributed by atoms with van der Waals surface area (Å²) in [6.07, 6.45) is 11.3. The normalized spacial score (nSPS) is 39.4. The number of alkyl halides is 1. The zero-order valence-corrected chi connectivity index (χ0v) is 11.8. The summed E-state index contributed by atoms with van der Waals surface area (Å²) in [6, 6.07) is 0.419. The lowest BCUT2D eigenvalue weighted by Gasteiger charge is -2.36. The van der Waals surface area contributed by atoms with Crippen molar-refractivity contribution in [2.75, 3.05) is 0 Å². The van der Waals surface area contributed by atoms with Crippen LogP contribution in [-0.2, 0) is 0 Å². The molecular weight excluding hydrogens is 232 g/mol. The maximum atomic E-state index is 6.93. The minimum absolute atomic E-state index is 0.0296. The number of halogens is 1. The van der Waals surface area contributed by atoms with Crippen molar-refractivity contribution in [2.24, 2.45) is 11.7 Å². The highest BCUT2D eigenvalue weighted by molar-refractivity contribution is 6.24. The Labute approximate surface area is 111 Å². The molecule has 3 atom stereocenters. The molecule has 0 radical (unpaired) electrons. The van der Waals surface area contributed by atoms with E-state index in [0.29, 0.717) is 6.04 Å². The van der Waals surface area contributed by atoms with Gasteiger partial charge in [0.1, 0.15) is 0 Å². The fourth-order valence-corrected chi connectivity index (χ4v) is 3.92. The molecule has 2 nitrogen and oxygen atoms in total. The van der Waals surface area contributed by atoms with Gasteiger partial charge in [-0.3, -0.25) is 5.32 Å². The first-order valence-corrected chi connectivity index (χ1v) is 7.68. The van der Waals surface area contributed by atoms with E-state index in [1.165, 1.54) is 38.5 Å². The molecule has 0 aromatic heterocycles. The quantitative estimate of drug-likeness (QED) is 0.559. The van der Waals surface area contributed by atoms with E-state index in [1.54, 1.807) is 0 Å². The Balaban J connectivity index is 2.03. The topological polar surface area (TPSA) is 38.0 Å². The highest BCUT2D eigenvalue weighted by Crippen LogP contribution is 2.39. The summed E-state index contributed by atoms with van der Waals surface area (Å²) in [4.78, 5) is -0.0296. The Bertz CT molecular complexity index is 236. The van der Waals surface area contributed by atoms with Crippen molar-refractivity contribution < 1.29 is 0 Å². The predicted octanol–water partition coefficient (Wildman–Crippen LogP) is 3.38. The molecule has 2 rings (SSSR count). The van der Waals surface area contributed by atoms with Gasteiger partial charge in [-0.1, -0.05) is 32.6 Å². The van der Waals surface area contributed by atoms with Gasteiger partial charge in [-0.2, -0.15) is 0 Å². The Hall–Kier alpha value is 0.210. The molecule has 3 N–H and O–H groups in total. The maximum absolute atomic E-state index is 6.93. The van der Waals surface area contributed by atoms with Crippen LogP contribution in [0.2, 0.25) is 0 Å². The van der Waals surface area contributed by atoms with Crippen LogP contribution in [0.25, 0.3) is 0 Å². The highest BCUT2D eigenvalue weighted by atomic mass is 35.5. The second kappa shape index (κ2) is 5.90. The second-order valence-corrected chi connectivity index (χ2v) is 6.95. The van der Waals surface area contributed by atoms with Gasteiger partial charge in [0.05, 0.1) is 11.0 Å². The van der Waals surface area contributed by atoms with Gasteiger partial charge in [0, 0.05) is 6.04 Å². The van der Waals surface area contributed by atoms with Crippen LogP contribution >= 0.6 is 11.6 Å². The van der Waals surface area contributed by atoms with Crippen LogP contribution in [0.3, 0.4) is 0 Å². The Morgan fingerprint density at radius 1 is 1.12 bits per heavy atom. The van der Waals surface area contributed by atoms with Gasteiger partial charge in [-0.25, -0.2) is 0 Å². The molecule has 0 bridgehead atoms. The third kappa shape index (κ3) is 3.59. The molecule has 17 heavy (non-hydrogen) atoms. The van der Waals surface area contributed by atoms with E-state index in [0.717, 1.165) is 25.2 Å². The van der Waals surface area contributed by atoms with Crippen molar-refractivity contribution in [1.29, 1.82) is 0 Å². The van der Waals surface area contributed by atoms with Crippen molar-refractivity contribution in [3.63, 3.8) is 0 Å². The third-order valence-corrected chi connectivity index (χ3v) is 5.22. The van der Waals surface area contributed by atoms with Crippen LogP contribution in [0.5, 0.6) is 0 Å². The zero-order chi connectivity index (χ0) is 12.3. The van der Waals surface area contributed by atoms with Crippen molar-refractivity contribution in [3.05, 3.63) is 0 Å². The van der Waals surface area contributed by atoms with E-state index in [4.69, 9.17) is 17.3 Å². The first-order valence-electron chi connectivity index (χ1n) is 7.31. The number of hydrogen-bond donors (Lipinski definition) is 2. The summed E-state index contributed by atoms with van der Waals surface area (Å²) in [5.74, 6) is 0.730. The molecule has 0 aromatic rings. The predicted molar refractivity (Wildman–Crippen MR) is 74.2 cm³/mol. The molecule has 0 amide bonds. The van der Waals surface area contributed by atoms with Crippen LogP contribution in [0.1, 0.15) is 64.7 Å². The largest absolute Gasteiger partial charge is 0.316 e. The number of rotatable bonds is 1. The lowest BCUT2D eigenvalue weighted by Crippen LogP contribution is -2.52. The van der Waals surface area contributed by atoms with Crippen molar-refractivity contribution in [1.82, 2.24) is 5.32 Å². The van der Waals surface area contributed by atoms with Gasteiger partial charge >= 0.3 is 0 Å². The number of nitrogens with one attached hydrogen (secondary N) is 1. The Morgan fingerprint density at radius 2 is 1.76 bits per heavy atom. The van der Waals surface area contributed by atoms with Crippen LogP contribution < -0.4 is 11.1 Å². The monoisotopic (exact) mass is 258 g/mol. The molecule has 1 saturated heterocycles. The van der Waals surface area contributed by atoms with E-state index < -0.39 is 0 Å². The van der Waals surface area contributed by atoms with E-state index in [-0.39, 0.29) is 11.0 Å². The maximum Gasteiger partial charge on any atom is 0.0599 e. The fourth-order valence-electron chi connectivity index (χ4n) is 3.49. The SMILES string of the molecule is CC1CCC(C2(Cl)CCCCCC2)NC(N)C1. The molecular formula is C14H27ClN2. The van der Waals surface area contributed by atoms with Crippen LogP contribution in [-0.4, -0.2) is 17.1 Å².